The maximum absolute atomic E-state index is 12.0. The summed E-state index contributed by atoms with van der Waals surface area (Å²) in [4.78, 5) is 15.9. The van der Waals surface area contributed by atoms with Gasteiger partial charge in [-0.3, -0.25) is 0 Å². The minimum absolute atomic E-state index is 0.103. The van der Waals surface area contributed by atoms with Gasteiger partial charge in [0.25, 0.3) is 0 Å². The molecule has 1 saturated heterocycles. The van der Waals surface area contributed by atoms with Crippen LogP contribution in [-0.4, -0.2) is 42.3 Å². The van der Waals surface area contributed by atoms with Gasteiger partial charge >= 0.3 is 6.09 Å². The number of amides is 1. The van der Waals surface area contributed by atoms with E-state index in [1.165, 1.54) is 11.3 Å². The van der Waals surface area contributed by atoms with Gasteiger partial charge in [0.05, 0.1) is 11.5 Å². The average Bonchev–Trinajstić information content (AvgIpc) is 3.26. The molecule has 1 aliphatic rings. The maximum Gasteiger partial charge on any atom is 0.407 e. The Morgan fingerprint density at radius 1 is 1.38 bits per heavy atom. The predicted octanol–water partition coefficient (Wildman–Crippen LogP) is 4.42. The van der Waals surface area contributed by atoms with Gasteiger partial charge in [0.15, 0.2) is 0 Å². The molecule has 158 valence electrons. The summed E-state index contributed by atoms with van der Waals surface area (Å²) < 4.78 is 5.34. The molecular weight excluding hydrogens is 384 g/mol. The molecule has 6 nitrogen and oxygen atoms in total. The van der Waals surface area contributed by atoms with Crippen LogP contribution in [0.4, 0.5) is 4.79 Å². The molecule has 0 saturated carbocycles. The second-order valence-electron chi connectivity index (χ2n) is 9.05. The number of nitrogens with zero attached hydrogens (tertiary/aromatic N) is 3. The van der Waals surface area contributed by atoms with Crippen molar-refractivity contribution in [2.24, 2.45) is 5.92 Å². The Bertz CT molecular complexity index is 784. The number of hydrogen-bond donors (Lipinski definition) is 1. The summed E-state index contributed by atoms with van der Waals surface area (Å²) in [5, 5.41) is 22.1. The highest BCUT2D eigenvalue weighted by molar-refractivity contribution is 7.12. The molecule has 7 heteroatoms. The van der Waals surface area contributed by atoms with Gasteiger partial charge in [0.2, 0.25) is 0 Å². The van der Waals surface area contributed by atoms with Gasteiger partial charge in [-0.15, -0.1) is 11.3 Å². The van der Waals surface area contributed by atoms with Crippen molar-refractivity contribution in [2.45, 2.75) is 70.9 Å². The molecular formula is C22H32N4O2S. The van der Waals surface area contributed by atoms with E-state index in [0.717, 1.165) is 43.8 Å². The van der Waals surface area contributed by atoms with Crippen LogP contribution in [0.25, 0.3) is 0 Å². The number of carbonyl (C=O) groups is 1. The maximum atomic E-state index is 12.0. The van der Waals surface area contributed by atoms with Crippen LogP contribution < -0.4 is 5.32 Å². The number of ether oxygens (including phenoxy) is 1. The molecule has 1 amide bonds. The normalized spacial score (nSPS) is 19.4. The van der Waals surface area contributed by atoms with Crippen molar-refractivity contribution in [1.82, 2.24) is 10.2 Å². The minimum Gasteiger partial charge on any atom is -0.444 e. The average molecular weight is 417 g/mol. The second kappa shape index (κ2) is 9.61. The van der Waals surface area contributed by atoms with Crippen LogP contribution in [0.5, 0.6) is 0 Å². The van der Waals surface area contributed by atoms with E-state index in [-0.39, 0.29) is 18.1 Å². The molecule has 2 unspecified atom stereocenters. The van der Waals surface area contributed by atoms with Crippen LogP contribution in [-0.2, 0) is 10.2 Å². The van der Waals surface area contributed by atoms with E-state index < -0.39 is 11.0 Å². The first kappa shape index (κ1) is 23.2. The molecule has 29 heavy (non-hydrogen) atoms. The summed E-state index contributed by atoms with van der Waals surface area (Å²) in [6.45, 7) is 12.3. The highest BCUT2D eigenvalue weighted by Crippen LogP contribution is 2.40. The topological polar surface area (TPSA) is 89.2 Å². The number of hydrogen-bond acceptors (Lipinski definition) is 6. The lowest BCUT2D eigenvalue weighted by molar-refractivity contribution is 0.0506. The predicted molar refractivity (Wildman–Crippen MR) is 115 cm³/mol. The van der Waals surface area contributed by atoms with E-state index in [2.05, 4.69) is 36.2 Å². The first-order chi connectivity index (χ1) is 13.6. The summed E-state index contributed by atoms with van der Waals surface area (Å²) in [6, 6.07) is 8.58. The zero-order chi connectivity index (χ0) is 21.7. The number of carbonyl (C=O) groups excluding carboxylic acids is 1. The van der Waals surface area contributed by atoms with Crippen molar-refractivity contribution in [2.75, 3.05) is 19.6 Å². The molecule has 2 heterocycles. The van der Waals surface area contributed by atoms with Crippen LogP contribution in [0.15, 0.2) is 12.1 Å². The fourth-order valence-electron chi connectivity index (χ4n) is 3.78. The minimum atomic E-state index is -0.562. The van der Waals surface area contributed by atoms with Gasteiger partial charge in [0, 0.05) is 24.0 Å². The van der Waals surface area contributed by atoms with E-state index in [0.29, 0.717) is 4.88 Å². The van der Waals surface area contributed by atoms with Gasteiger partial charge in [-0.2, -0.15) is 10.5 Å². The lowest BCUT2D eigenvalue weighted by Crippen LogP contribution is -2.40. The van der Waals surface area contributed by atoms with Crippen molar-refractivity contribution in [3.63, 3.8) is 0 Å². The number of likely N-dealkylation sites (tertiary alicyclic amines) is 1. The Hall–Kier alpha value is -2.09. The smallest absolute Gasteiger partial charge is 0.407 e. The summed E-state index contributed by atoms with van der Waals surface area (Å²) >= 11 is 1.43. The lowest BCUT2D eigenvalue weighted by atomic mass is 9.73. The first-order valence-electron chi connectivity index (χ1n) is 10.2. The number of nitriles is 2. The Kier molecular flexibility index (Phi) is 7.68. The fourth-order valence-corrected chi connectivity index (χ4v) is 4.90. The molecule has 0 bridgehead atoms. The van der Waals surface area contributed by atoms with Crippen LogP contribution in [0, 0.1) is 28.6 Å². The largest absolute Gasteiger partial charge is 0.444 e. The van der Waals surface area contributed by atoms with Crippen molar-refractivity contribution in [3.8, 4) is 12.1 Å². The van der Waals surface area contributed by atoms with Gasteiger partial charge in [-0.05, 0) is 64.6 Å². The zero-order valence-electron chi connectivity index (χ0n) is 18.1. The Morgan fingerprint density at radius 2 is 2.10 bits per heavy atom. The SMILES string of the molecule is CC(C)C(C#N)(CCCN1CCC(NC(=O)OC(C)(C)C)C1)c1ccc(C#N)s1. The number of rotatable bonds is 7. The number of nitrogens with one attached hydrogen (secondary N) is 1. The summed E-state index contributed by atoms with van der Waals surface area (Å²) in [6.07, 6.45) is 2.19. The van der Waals surface area contributed by atoms with Gasteiger partial charge in [0.1, 0.15) is 16.5 Å². The Morgan fingerprint density at radius 3 is 2.66 bits per heavy atom. The third-order valence-corrected chi connectivity index (χ3v) is 6.55. The molecule has 1 aromatic rings. The van der Waals surface area contributed by atoms with E-state index >= 15 is 0 Å². The fraction of sp³-hybridized carbons (Fsp3) is 0.682. The molecule has 1 N–H and O–H groups in total. The molecule has 2 atom stereocenters. The molecule has 0 radical (unpaired) electrons. The van der Waals surface area contributed by atoms with Gasteiger partial charge < -0.3 is 15.0 Å². The van der Waals surface area contributed by atoms with Crippen LogP contribution >= 0.6 is 11.3 Å². The summed E-state index contributed by atoms with van der Waals surface area (Å²) in [7, 11) is 0. The molecule has 0 aromatic carbocycles. The summed E-state index contributed by atoms with van der Waals surface area (Å²) in [5.74, 6) is 0.165. The Labute approximate surface area is 178 Å². The van der Waals surface area contributed by atoms with Crippen molar-refractivity contribution < 1.29 is 9.53 Å². The monoisotopic (exact) mass is 416 g/mol. The highest BCUT2D eigenvalue weighted by Gasteiger charge is 2.37. The van der Waals surface area contributed by atoms with E-state index in [4.69, 9.17) is 10.00 Å². The number of thiophene rings is 1. The quantitative estimate of drug-likeness (QED) is 0.711. The van der Waals surface area contributed by atoms with Gasteiger partial charge in [-0.25, -0.2) is 4.79 Å². The third-order valence-electron chi connectivity index (χ3n) is 5.38. The summed E-state index contributed by atoms with van der Waals surface area (Å²) in [5.41, 5.74) is -1.05. The second-order valence-corrected chi connectivity index (χ2v) is 10.1. The molecule has 1 aliphatic heterocycles. The molecule has 1 aromatic heterocycles. The van der Waals surface area contributed by atoms with Crippen LogP contribution in [0.1, 0.15) is 63.6 Å². The molecule has 0 spiro atoms. The first-order valence-corrected chi connectivity index (χ1v) is 11.0. The third kappa shape index (κ3) is 6.19. The molecule has 1 fully saturated rings. The molecule has 0 aliphatic carbocycles. The van der Waals surface area contributed by atoms with Crippen molar-refractivity contribution >= 4 is 17.4 Å². The van der Waals surface area contributed by atoms with Gasteiger partial charge in [-0.1, -0.05) is 13.8 Å². The lowest BCUT2D eigenvalue weighted by Gasteiger charge is -2.30. The van der Waals surface area contributed by atoms with E-state index in [9.17, 15) is 10.1 Å². The zero-order valence-corrected chi connectivity index (χ0v) is 18.9. The van der Waals surface area contributed by atoms with E-state index in [1.807, 2.05) is 32.9 Å². The van der Waals surface area contributed by atoms with Crippen LogP contribution in [0.3, 0.4) is 0 Å². The highest BCUT2D eigenvalue weighted by atomic mass is 32.1. The molecule has 2 rings (SSSR count). The van der Waals surface area contributed by atoms with E-state index in [1.54, 1.807) is 0 Å². The van der Waals surface area contributed by atoms with Crippen molar-refractivity contribution in [1.29, 1.82) is 10.5 Å². The standard InChI is InChI=1S/C22H32N4O2S/c1-16(2)22(15-24,19-8-7-18(13-23)29-19)10-6-11-26-12-9-17(14-26)25-20(27)28-21(3,4)5/h7-8,16-17H,6,9-12,14H2,1-5H3,(H,25,27). The van der Waals surface area contributed by atoms with Crippen LogP contribution in [0.2, 0.25) is 0 Å². The number of alkyl carbamates (subject to hydrolysis) is 1. The Balaban J connectivity index is 1.88. The van der Waals surface area contributed by atoms with Crippen molar-refractivity contribution in [3.05, 3.63) is 21.9 Å².